The second kappa shape index (κ2) is 8.35. The summed E-state index contributed by atoms with van der Waals surface area (Å²) in [6.45, 7) is 1.61. The molecule has 0 saturated carbocycles. The Labute approximate surface area is 77.2 Å². The van der Waals surface area contributed by atoms with E-state index < -0.39 is 10.4 Å². The lowest BCUT2D eigenvalue weighted by Gasteiger charge is -2.11. The smallest absolute Gasteiger partial charge is 0.394 e. The highest BCUT2D eigenvalue weighted by Gasteiger charge is 1.91. The molecule has 0 aromatic rings. The third kappa shape index (κ3) is 33.8. The predicted octanol–water partition coefficient (Wildman–Crippen LogP) is -1.75. The van der Waals surface area contributed by atoms with Gasteiger partial charge in [0.25, 0.3) is 0 Å². The molecule has 0 unspecified atom stereocenters. The Hall–Kier alpha value is -0.250. The third-order valence-corrected chi connectivity index (χ3v) is 0.963. The summed E-state index contributed by atoms with van der Waals surface area (Å²) in [4.78, 5) is 1.86. The molecule has 7 nitrogen and oxygen atoms in total. The van der Waals surface area contributed by atoms with Crippen molar-refractivity contribution in [3.8, 4) is 0 Å². The summed E-state index contributed by atoms with van der Waals surface area (Å²) in [6.07, 6.45) is 0. The van der Waals surface area contributed by atoms with E-state index in [9.17, 15) is 0 Å². The van der Waals surface area contributed by atoms with E-state index in [0.29, 0.717) is 13.1 Å². The minimum Gasteiger partial charge on any atom is -0.395 e. The number of likely N-dealkylation sites (N-methyl/N-ethyl adjacent to an activating group) is 1. The molecule has 0 aromatic carbocycles. The number of aliphatic hydroxyl groups excluding tert-OH is 2. The second-order valence-corrected chi connectivity index (χ2v) is 3.09. The van der Waals surface area contributed by atoms with Gasteiger partial charge in [-0.3, -0.25) is 9.11 Å². The van der Waals surface area contributed by atoms with Gasteiger partial charge in [-0.25, -0.2) is 0 Å². The zero-order chi connectivity index (χ0) is 10.9. The lowest BCUT2D eigenvalue weighted by atomic mass is 10.5. The van der Waals surface area contributed by atoms with E-state index in [1.807, 2.05) is 11.9 Å². The Morgan fingerprint density at radius 3 is 1.46 bits per heavy atom. The van der Waals surface area contributed by atoms with Gasteiger partial charge >= 0.3 is 10.4 Å². The summed E-state index contributed by atoms with van der Waals surface area (Å²) < 4.78 is 31.6. The molecule has 8 heteroatoms. The van der Waals surface area contributed by atoms with Crippen LogP contribution >= 0.6 is 0 Å². The van der Waals surface area contributed by atoms with Crippen LogP contribution in [-0.2, 0) is 10.4 Å². The molecule has 4 N–H and O–H groups in total. The van der Waals surface area contributed by atoms with E-state index in [1.54, 1.807) is 0 Å². The monoisotopic (exact) mass is 217 g/mol. The minimum atomic E-state index is -4.67. The number of rotatable bonds is 4. The van der Waals surface area contributed by atoms with Gasteiger partial charge in [0.15, 0.2) is 0 Å². The van der Waals surface area contributed by atoms with Crippen molar-refractivity contribution < 1.29 is 27.7 Å². The van der Waals surface area contributed by atoms with Crippen LogP contribution in [0.15, 0.2) is 0 Å². The van der Waals surface area contributed by atoms with Gasteiger partial charge in [0.1, 0.15) is 0 Å². The number of aliphatic hydroxyl groups is 2. The first-order valence-electron chi connectivity index (χ1n) is 3.41. The molecule has 0 heterocycles. The van der Waals surface area contributed by atoms with Crippen molar-refractivity contribution in [3.63, 3.8) is 0 Å². The number of nitrogens with zero attached hydrogens (tertiary/aromatic N) is 1. The Kier molecular flexibility index (Phi) is 9.79. The maximum Gasteiger partial charge on any atom is 0.394 e. The van der Waals surface area contributed by atoms with Crippen molar-refractivity contribution >= 4 is 10.4 Å². The predicted molar refractivity (Wildman–Crippen MR) is 45.8 cm³/mol. The number of hydrogen-bond acceptors (Lipinski definition) is 5. The summed E-state index contributed by atoms with van der Waals surface area (Å²) in [5.74, 6) is 0. The molecule has 13 heavy (non-hydrogen) atoms. The summed E-state index contributed by atoms with van der Waals surface area (Å²) in [6, 6.07) is 0. The molecule has 0 amide bonds. The Morgan fingerprint density at radius 2 is 1.31 bits per heavy atom. The fourth-order valence-electron chi connectivity index (χ4n) is 0.453. The van der Waals surface area contributed by atoms with Gasteiger partial charge in [0.2, 0.25) is 0 Å². The Balaban J connectivity index is 0. The summed E-state index contributed by atoms with van der Waals surface area (Å²) in [5, 5.41) is 16.7. The summed E-state index contributed by atoms with van der Waals surface area (Å²) >= 11 is 0. The fraction of sp³-hybridized carbons (Fsp3) is 1.00. The van der Waals surface area contributed by atoms with Crippen LogP contribution in [0.5, 0.6) is 0 Å². The van der Waals surface area contributed by atoms with Crippen molar-refractivity contribution in [2.24, 2.45) is 0 Å². The molecule has 0 atom stereocenters. The van der Waals surface area contributed by atoms with Gasteiger partial charge in [-0.2, -0.15) is 8.42 Å². The molecule has 0 spiro atoms. The van der Waals surface area contributed by atoms with Crippen molar-refractivity contribution in [3.05, 3.63) is 0 Å². The van der Waals surface area contributed by atoms with Crippen LogP contribution in [0.2, 0.25) is 0 Å². The van der Waals surface area contributed by atoms with Crippen LogP contribution in [0.25, 0.3) is 0 Å². The average Bonchev–Trinajstić information content (AvgIpc) is 1.84. The van der Waals surface area contributed by atoms with Gasteiger partial charge in [-0.1, -0.05) is 0 Å². The lowest BCUT2D eigenvalue weighted by Crippen LogP contribution is -2.25. The van der Waals surface area contributed by atoms with Crippen LogP contribution in [0.1, 0.15) is 0 Å². The van der Waals surface area contributed by atoms with Gasteiger partial charge in [-0.15, -0.1) is 0 Å². The van der Waals surface area contributed by atoms with E-state index in [-0.39, 0.29) is 13.2 Å². The van der Waals surface area contributed by atoms with Gasteiger partial charge < -0.3 is 15.1 Å². The fourth-order valence-corrected chi connectivity index (χ4v) is 0.453. The Morgan fingerprint density at radius 1 is 1.08 bits per heavy atom. The SMILES string of the molecule is CN(CCO)CCO.O=S(=O)(O)O. The molecule has 0 aliphatic rings. The van der Waals surface area contributed by atoms with Crippen LogP contribution in [0.3, 0.4) is 0 Å². The molecular weight excluding hydrogens is 202 g/mol. The van der Waals surface area contributed by atoms with Crippen LogP contribution < -0.4 is 0 Å². The molecule has 0 bridgehead atoms. The summed E-state index contributed by atoms with van der Waals surface area (Å²) in [5.41, 5.74) is 0. The molecule has 0 aliphatic carbocycles. The molecule has 0 radical (unpaired) electrons. The maximum absolute atomic E-state index is 8.74. The normalized spacial score (nSPS) is 10.9. The van der Waals surface area contributed by atoms with Crippen molar-refractivity contribution in [2.75, 3.05) is 33.4 Å². The highest BCUT2D eigenvalue weighted by Crippen LogP contribution is 1.76. The second-order valence-electron chi connectivity index (χ2n) is 2.20. The quantitative estimate of drug-likeness (QED) is 0.412. The first-order valence-corrected chi connectivity index (χ1v) is 4.81. The minimum absolute atomic E-state index is 0.163. The highest BCUT2D eigenvalue weighted by molar-refractivity contribution is 7.79. The molecule has 0 fully saturated rings. The van der Waals surface area contributed by atoms with Gasteiger partial charge in [0, 0.05) is 13.1 Å². The van der Waals surface area contributed by atoms with E-state index in [4.69, 9.17) is 27.7 Å². The third-order valence-electron chi connectivity index (χ3n) is 0.963. The van der Waals surface area contributed by atoms with E-state index in [2.05, 4.69) is 0 Å². The standard InChI is InChI=1S/C5H13NO2.H2O4S/c1-6(2-4-7)3-5-8;1-5(2,3)4/h7-8H,2-5H2,1H3;(H2,1,2,3,4). The first-order chi connectivity index (χ1) is 5.81. The maximum atomic E-state index is 8.74. The molecular formula is C5H15NO6S. The largest absolute Gasteiger partial charge is 0.395 e. The van der Waals surface area contributed by atoms with E-state index >= 15 is 0 Å². The van der Waals surface area contributed by atoms with Crippen molar-refractivity contribution in [1.82, 2.24) is 4.90 Å². The molecule has 82 valence electrons. The molecule has 0 rings (SSSR count). The van der Waals surface area contributed by atoms with E-state index in [1.165, 1.54) is 0 Å². The molecule has 0 aliphatic heterocycles. The van der Waals surface area contributed by atoms with Crippen LogP contribution in [0, 0.1) is 0 Å². The number of hydrogen-bond donors (Lipinski definition) is 4. The van der Waals surface area contributed by atoms with Gasteiger partial charge in [-0.05, 0) is 7.05 Å². The van der Waals surface area contributed by atoms with Gasteiger partial charge in [0.05, 0.1) is 13.2 Å². The van der Waals surface area contributed by atoms with Crippen LogP contribution in [-0.4, -0.2) is 66.0 Å². The zero-order valence-corrected chi connectivity index (χ0v) is 8.11. The molecule has 0 aromatic heterocycles. The average molecular weight is 217 g/mol. The lowest BCUT2D eigenvalue weighted by molar-refractivity contribution is 0.184. The van der Waals surface area contributed by atoms with Crippen molar-refractivity contribution in [2.45, 2.75) is 0 Å². The van der Waals surface area contributed by atoms with E-state index in [0.717, 1.165) is 0 Å². The zero-order valence-electron chi connectivity index (χ0n) is 7.29. The Bertz CT molecular complexity index is 177. The van der Waals surface area contributed by atoms with Crippen molar-refractivity contribution in [1.29, 1.82) is 0 Å². The topological polar surface area (TPSA) is 118 Å². The molecule has 0 saturated heterocycles. The summed E-state index contributed by atoms with van der Waals surface area (Å²) in [7, 11) is -2.81. The highest BCUT2D eigenvalue weighted by atomic mass is 32.3. The first kappa shape index (κ1) is 15.2. The van der Waals surface area contributed by atoms with Crippen LogP contribution in [0.4, 0.5) is 0 Å².